The number of nitrogens with zero attached hydrogens (tertiary/aromatic N) is 1. The van der Waals surface area contributed by atoms with Crippen molar-refractivity contribution in [3.05, 3.63) is 30.5 Å². The molecule has 1 fully saturated rings. The van der Waals surface area contributed by atoms with Crippen LogP contribution in [0, 0.1) is 0 Å². The van der Waals surface area contributed by atoms with E-state index in [2.05, 4.69) is 19.2 Å². The van der Waals surface area contributed by atoms with E-state index in [-0.39, 0.29) is 17.6 Å². The minimum Gasteiger partial charge on any atom is -0.496 e. The third kappa shape index (κ3) is 3.50. The Hall–Kier alpha value is -2.01. The van der Waals surface area contributed by atoms with Gasteiger partial charge in [0.15, 0.2) is 0 Å². The summed E-state index contributed by atoms with van der Waals surface area (Å²) in [6, 6.07) is 8.04. The van der Waals surface area contributed by atoms with Crippen LogP contribution in [-0.2, 0) is 16.1 Å². The van der Waals surface area contributed by atoms with Gasteiger partial charge in [0.1, 0.15) is 12.3 Å². The zero-order valence-electron chi connectivity index (χ0n) is 14.0. The molecule has 1 aromatic heterocycles. The minimum atomic E-state index is -0.163. The predicted octanol–water partition coefficient (Wildman–Crippen LogP) is 2.72. The Kier molecular flexibility index (Phi) is 4.31. The molecule has 124 valence electrons. The van der Waals surface area contributed by atoms with Gasteiger partial charge in [-0.05, 0) is 44.9 Å². The summed E-state index contributed by atoms with van der Waals surface area (Å²) in [5.74, 6) is 0.862. The Bertz CT molecular complexity index is 705. The van der Waals surface area contributed by atoms with E-state index in [9.17, 15) is 4.79 Å². The molecule has 23 heavy (non-hydrogen) atoms. The van der Waals surface area contributed by atoms with Crippen molar-refractivity contribution in [2.45, 2.75) is 44.9 Å². The number of fused-ring (bicyclic) bond motifs is 1. The summed E-state index contributed by atoms with van der Waals surface area (Å²) in [5.41, 5.74) is 0.843. The second-order valence-electron chi connectivity index (χ2n) is 6.70. The maximum Gasteiger partial charge on any atom is 0.240 e. The third-order valence-corrected chi connectivity index (χ3v) is 4.37. The summed E-state index contributed by atoms with van der Waals surface area (Å²) in [7, 11) is 1.66. The van der Waals surface area contributed by atoms with Crippen molar-refractivity contribution < 1.29 is 14.3 Å². The SMILES string of the molecule is COc1cccc2c1ccn2CC(=O)N[C@@H]1CCOC(C)(C)C1. The second-order valence-corrected chi connectivity index (χ2v) is 6.70. The zero-order chi connectivity index (χ0) is 16.4. The summed E-state index contributed by atoms with van der Waals surface area (Å²) in [6.45, 7) is 5.14. The number of hydrogen-bond donors (Lipinski definition) is 1. The summed E-state index contributed by atoms with van der Waals surface area (Å²) < 4.78 is 13.0. The van der Waals surface area contributed by atoms with Gasteiger partial charge in [-0.1, -0.05) is 6.07 Å². The fourth-order valence-electron chi connectivity index (χ4n) is 3.29. The van der Waals surface area contributed by atoms with Crippen molar-refractivity contribution in [2.24, 2.45) is 0 Å². The molecule has 5 nitrogen and oxygen atoms in total. The van der Waals surface area contributed by atoms with Crippen LogP contribution in [0.4, 0.5) is 0 Å². The Morgan fingerprint density at radius 3 is 3.00 bits per heavy atom. The van der Waals surface area contributed by atoms with Crippen molar-refractivity contribution >= 4 is 16.8 Å². The molecular formula is C18H24N2O3. The molecule has 2 aromatic rings. The average molecular weight is 316 g/mol. The molecule has 0 saturated carbocycles. The summed E-state index contributed by atoms with van der Waals surface area (Å²) in [6.07, 6.45) is 3.65. The smallest absolute Gasteiger partial charge is 0.240 e. The lowest BCUT2D eigenvalue weighted by atomic mass is 9.94. The first kappa shape index (κ1) is 15.9. The molecule has 0 aliphatic carbocycles. The van der Waals surface area contributed by atoms with Gasteiger partial charge in [-0.2, -0.15) is 0 Å². The van der Waals surface area contributed by atoms with Crippen LogP contribution in [0.5, 0.6) is 5.75 Å². The lowest BCUT2D eigenvalue weighted by Crippen LogP contribution is -2.46. The molecule has 1 aliphatic rings. The van der Waals surface area contributed by atoms with Crippen LogP contribution >= 0.6 is 0 Å². The summed E-state index contributed by atoms with van der Waals surface area (Å²) in [4.78, 5) is 12.4. The van der Waals surface area contributed by atoms with E-state index in [0.717, 1.165) is 29.5 Å². The Balaban J connectivity index is 1.69. The molecule has 1 aliphatic heterocycles. The van der Waals surface area contributed by atoms with Gasteiger partial charge in [0.25, 0.3) is 0 Å². The van der Waals surface area contributed by atoms with Crippen LogP contribution in [0.25, 0.3) is 10.9 Å². The van der Waals surface area contributed by atoms with Crippen molar-refractivity contribution in [2.75, 3.05) is 13.7 Å². The maximum atomic E-state index is 12.4. The van der Waals surface area contributed by atoms with Gasteiger partial charge in [0.2, 0.25) is 5.91 Å². The summed E-state index contributed by atoms with van der Waals surface area (Å²) >= 11 is 0. The Labute approximate surface area is 136 Å². The summed E-state index contributed by atoms with van der Waals surface area (Å²) in [5, 5.41) is 4.16. The first-order valence-electron chi connectivity index (χ1n) is 8.04. The van der Waals surface area contributed by atoms with Crippen molar-refractivity contribution in [3.8, 4) is 5.75 Å². The fourth-order valence-corrected chi connectivity index (χ4v) is 3.29. The van der Waals surface area contributed by atoms with Crippen LogP contribution in [0.15, 0.2) is 30.5 Å². The molecular weight excluding hydrogens is 292 g/mol. The van der Waals surface area contributed by atoms with Crippen molar-refractivity contribution in [3.63, 3.8) is 0 Å². The monoisotopic (exact) mass is 316 g/mol. The standard InChI is InChI=1S/C18H24N2O3/c1-18(2)11-13(8-10-23-18)19-17(21)12-20-9-7-14-15(20)5-4-6-16(14)22-3/h4-7,9,13H,8,10-12H2,1-3H3,(H,19,21)/t13-/m1/s1. The second kappa shape index (κ2) is 6.24. The molecule has 1 atom stereocenters. The van der Waals surface area contributed by atoms with Crippen LogP contribution in [0.1, 0.15) is 26.7 Å². The third-order valence-electron chi connectivity index (χ3n) is 4.37. The van der Waals surface area contributed by atoms with E-state index in [1.807, 2.05) is 35.0 Å². The number of carbonyl (C=O) groups is 1. The van der Waals surface area contributed by atoms with E-state index in [0.29, 0.717) is 13.2 Å². The number of amides is 1. The van der Waals surface area contributed by atoms with E-state index >= 15 is 0 Å². The molecule has 0 unspecified atom stereocenters. The Morgan fingerprint density at radius 1 is 1.43 bits per heavy atom. The van der Waals surface area contributed by atoms with Gasteiger partial charge in [0, 0.05) is 24.2 Å². The lowest BCUT2D eigenvalue weighted by molar-refractivity contribution is -0.124. The normalized spacial score (nSPS) is 20.4. The number of aromatic nitrogens is 1. The first-order valence-corrected chi connectivity index (χ1v) is 8.04. The van der Waals surface area contributed by atoms with Crippen LogP contribution in [0.2, 0.25) is 0 Å². The van der Waals surface area contributed by atoms with E-state index in [4.69, 9.17) is 9.47 Å². The van der Waals surface area contributed by atoms with Crippen molar-refractivity contribution in [1.29, 1.82) is 0 Å². The molecule has 0 bridgehead atoms. The number of benzene rings is 1. The van der Waals surface area contributed by atoms with Gasteiger partial charge in [0.05, 0.1) is 18.2 Å². The van der Waals surface area contributed by atoms with Gasteiger partial charge >= 0.3 is 0 Å². The van der Waals surface area contributed by atoms with E-state index in [1.165, 1.54) is 0 Å². The molecule has 1 aromatic carbocycles. The Morgan fingerprint density at radius 2 is 2.26 bits per heavy atom. The number of ether oxygens (including phenoxy) is 2. The van der Waals surface area contributed by atoms with Gasteiger partial charge in [-0.25, -0.2) is 0 Å². The molecule has 1 amide bonds. The molecule has 2 heterocycles. The number of methoxy groups -OCH3 is 1. The van der Waals surface area contributed by atoms with Crippen LogP contribution < -0.4 is 10.1 Å². The highest BCUT2D eigenvalue weighted by molar-refractivity contribution is 5.88. The highest BCUT2D eigenvalue weighted by Gasteiger charge is 2.29. The number of nitrogens with one attached hydrogen (secondary N) is 1. The topological polar surface area (TPSA) is 52.5 Å². The largest absolute Gasteiger partial charge is 0.496 e. The molecule has 1 N–H and O–H groups in total. The highest BCUT2D eigenvalue weighted by atomic mass is 16.5. The molecule has 0 spiro atoms. The zero-order valence-corrected chi connectivity index (χ0v) is 14.0. The number of carbonyl (C=O) groups excluding carboxylic acids is 1. The number of hydrogen-bond acceptors (Lipinski definition) is 3. The molecule has 0 radical (unpaired) electrons. The lowest BCUT2D eigenvalue weighted by Gasteiger charge is -2.35. The van der Waals surface area contributed by atoms with E-state index in [1.54, 1.807) is 7.11 Å². The quantitative estimate of drug-likeness (QED) is 0.943. The van der Waals surface area contributed by atoms with Crippen molar-refractivity contribution in [1.82, 2.24) is 9.88 Å². The number of rotatable bonds is 4. The molecule has 1 saturated heterocycles. The average Bonchev–Trinajstić information content (AvgIpc) is 2.89. The van der Waals surface area contributed by atoms with Crippen LogP contribution in [-0.4, -0.2) is 35.8 Å². The van der Waals surface area contributed by atoms with Gasteiger partial charge in [-0.3, -0.25) is 4.79 Å². The minimum absolute atomic E-state index is 0.0352. The first-order chi connectivity index (χ1) is 11.0. The van der Waals surface area contributed by atoms with Crippen LogP contribution in [0.3, 0.4) is 0 Å². The van der Waals surface area contributed by atoms with E-state index < -0.39 is 0 Å². The molecule has 3 rings (SSSR count). The fraction of sp³-hybridized carbons (Fsp3) is 0.500. The van der Waals surface area contributed by atoms with Gasteiger partial charge < -0.3 is 19.4 Å². The maximum absolute atomic E-state index is 12.4. The highest BCUT2D eigenvalue weighted by Crippen LogP contribution is 2.26. The van der Waals surface area contributed by atoms with Gasteiger partial charge in [-0.15, -0.1) is 0 Å². The molecule has 5 heteroatoms. The predicted molar refractivity (Wildman–Crippen MR) is 89.7 cm³/mol.